The van der Waals surface area contributed by atoms with Gasteiger partial charge in [-0.3, -0.25) is 9.59 Å². The Morgan fingerprint density at radius 1 is 1.27 bits per heavy atom. The number of carboxylic acid groups (broad SMARTS) is 1. The first-order valence-corrected chi connectivity index (χ1v) is 9.68. The van der Waals surface area contributed by atoms with Crippen LogP contribution < -0.4 is 0 Å². The van der Waals surface area contributed by atoms with Gasteiger partial charge in [0.25, 0.3) is 0 Å². The van der Waals surface area contributed by atoms with Gasteiger partial charge in [0.05, 0.1) is 12.0 Å². The highest BCUT2D eigenvalue weighted by molar-refractivity contribution is 6.01. The molecule has 0 aromatic heterocycles. The Balaban J connectivity index is 1.72. The minimum absolute atomic E-state index is 0.0365. The number of carbonyl (C=O) groups excluding carboxylic acids is 1. The standard InChI is InChI=1S/C22H28O4/c1-13-10-15-16(20(2)7-4-14(23)11-18(13)20)5-8-21(3)17(15)6-9-22(21,26)12-19(24)25/h4,7,11,15-17,26H,1,5-6,8-10,12H2,2-3H3,(H,24,25)/t15-,16-,17+,20-,21+,22?/m1/s1. The van der Waals surface area contributed by atoms with Crippen LogP contribution >= 0.6 is 0 Å². The van der Waals surface area contributed by atoms with Gasteiger partial charge in [-0.25, -0.2) is 0 Å². The number of allylic oxidation sites excluding steroid dienone is 5. The Morgan fingerprint density at radius 2 is 1.96 bits per heavy atom. The molecule has 0 heterocycles. The lowest BCUT2D eigenvalue weighted by molar-refractivity contribution is -0.156. The van der Waals surface area contributed by atoms with Crippen molar-refractivity contribution in [2.45, 2.75) is 58.0 Å². The molecule has 0 spiro atoms. The van der Waals surface area contributed by atoms with E-state index >= 15 is 0 Å². The zero-order valence-corrected chi connectivity index (χ0v) is 15.6. The third-order valence-corrected chi connectivity index (χ3v) is 8.30. The maximum Gasteiger partial charge on any atom is 0.306 e. The molecule has 0 saturated heterocycles. The first-order chi connectivity index (χ1) is 12.1. The number of hydrogen-bond acceptors (Lipinski definition) is 3. The normalized spacial score (nSPS) is 47.0. The quantitative estimate of drug-likeness (QED) is 0.792. The van der Waals surface area contributed by atoms with E-state index < -0.39 is 11.6 Å². The Labute approximate surface area is 154 Å². The minimum atomic E-state index is -1.12. The van der Waals surface area contributed by atoms with Crippen LogP contribution in [-0.2, 0) is 9.59 Å². The molecule has 140 valence electrons. The van der Waals surface area contributed by atoms with Crippen LogP contribution in [0.1, 0.15) is 52.4 Å². The first-order valence-electron chi connectivity index (χ1n) is 9.68. The van der Waals surface area contributed by atoms with Crippen molar-refractivity contribution < 1.29 is 19.8 Å². The molecular weight excluding hydrogens is 328 g/mol. The van der Waals surface area contributed by atoms with Gasteiger partial charge in [-0.2, -0.15) is 0 Å². The zero-order chi connectivity index (χ0) is 18.9. The number of fused-ring (bicyclic) bond motifs is 5. The summed E-state index contributed by atoms with van der Waals surface area (Å²) in [7, 11) is 0. The second kappa shape index (κ2) is 5.41. The molecule has 2 N–H and O–H groups in total. The molecule has 0 aromatic rings. The Kier molecular flexibility index (Phi) is 3.69. The summed E-state index contributed by atoms with van der Waals surface area (Å²) in [6.45, 7) is 8.59. The molecular formula is C22H28O4. The molecule has 0 aliphatic heterocycles. The van der Waals surface area contributed by atoms with Crippen LogP contribution in [0.5, 0.6) is 0 Å². The number of hydrogen-bond donors (Lipinski definition) is 2. The summed E-state index contributed by atoms with van der Waals surface area (Å²) in [5, 5.41) is 20.5. The molecule has 0 radical (unpaired) electrons. The third kappa shape index (κ3) is 2.17. The van der Waals surface area contributed by atoms with Gasteiger partial charge in [-0.05, 0) is 73.0 Å². The minimum Gasteiger partial charge on any atom is -0.481 e. The van der Waals surface area contributed by atoms with Crippen LogP contribution in [0.3, 0.4) is 0 Å². The van der Waals surface area contributed by atoms with Crippen LogP contribution in [0.4, 0.5) is 0 Å². The van der Waals surface area contributed by atoms with Crippen molar-refractivity contribution in [3.63, 3.8) is 0 Å². The summed E-state index contributed by atoms with van der Waals surface area (Å²) in [5.74, 6) is 0.203. The van der Waals surface area contributed by atoms with Crippen molar-refractivity contribution >= 4 is 11.8 Å². The maximum atomic E-state index is 11.9. The van der Waals surface area contributed by atoms with E-state index in [0.29, 0.717) is 24.2 Å². The lowest BCUT2D eigenvalue weighted by Gasteiger charge is -2.58. The topological polar surface area (TPSA) is 74.6 Å². The fraction of sp³-hybridized carbons (Fsp3) is 0.636. The average molecular weight is 356 g/mol. The molecule has 6 atom stereocenters. The van der Waals surface area contributed by atoms with Crippen molar-refractivity contribution in [3.05, 3.63) is 36.0 Å². The highest BCUT2D eigenvalue weighted by Gasteiger charge is 2.64. The summed E-state index contributed by atoms with van der Waals surface area (Å²) >= 11 is 0. The van der Waals surface area contributed by atoms with E-state index in [0.717, 1.165) is 36.8 Å². The van der Waals surface area contributed by atoms with Crippen LogP contribution in [0.2, 0.25) is 0 Å². The molecule has 3 saturated carbocycles. The van der Waals surface area contributed by atoms with E-state index in [-0.39, 0.29) is 23.0 Å². The smallest absolute Gasteiger partial charge is 0.306 e. The van der Waals surface area contributed by atoms with Gasteiger partial charge in [0, 0.05) is 5.41 Å². The number of aliphatic hydroxyl groups is 1. The molecule has 4 rings (SSSR count). The lowest BCUT2D eigenvalue weighted by Crippen LogP contribution is -2.55. The van der Waals surface area contributed by atoms with Gasteiger partial charge in [-0.15, -0.1) is 0 Å². The third-order valence-electron chi connectivity index (χ3n) is 8.30. The van der Waals surface area contributed by atoms with Gasteiger partial charge in [-0.1, -0.05) is 32.1 Å². The second-order valence-corrected chi connectivity index (χ2v) is 9.36. The monoisotopic (exact) mass is 356 g/mol. The number of rotatable bonds is 2. The van der Waals surface area contributed by atoms with Gasteiger partial charge in [0.15, 0.2) is 5.78 Å². The van der Waals surface area contributed by atoms with Gasteiger partial charge >= 0.3 is 5.97 Å². The SMILES string of the molecule is C=C1C[C@@H]2[C@@H](CC[C@@]3(C)[C@H]2CCC3(O)CC(=O)O)[C@@]2(C)C=CC(=O)C=C12. The van der Waals surface area contributed by atoms with E-state index in [1.807, 2.05) is 0 Å². The maximum absolute atomic E-state index is 11.9. The number of carbonyl (C=O) groups is 2. The van der Waals surface area contributed by atoms with Crippen LogP contribution in [0.25, 0.3) is 0 Å². The largest absolute Gasteiger partial charge is 0.481 e. The molecule has 26 heavy (non-hydrogen) atoms. The molecule has 0 aromatic carbocycles. The van der Waals surface area contributed by atoms with Gasteiger partial charge in [0.1, 0.15) is 0 Å². The van der Waals surface area contributed by atoms with Crippen molar-refractivity contribution in [1.82, 2.24) is 0 Å². The van der Waals surface area contributed by atoms with E-state index in [2.05, 4.69) is 26.5 Å². The van der Waals surface area contributed by atoms with Crippen LogP contribution in [0.15, 0.2) is 36.0 Å². The molecule has 4 heteroatoms. The molecule has 4 nitrogen and oxygen atoms in total. The van der Waals surface area contributed by atoms with Gasteiger partial charge in [0.2, 0.25) is 0 Å². The fourth-order valence-electron chi connectivity index (χ4n) is 6.86. The van der Waals surface area contributed by atoms with Crippen molar-refractivity contribution in [2.75, 3.05) is 0 Å². The van der Waals surface area contributed by atoms with Crippen molar-refractivity contribution in [3.8, 4) is 0 Å². The van der Waals surface area contributed by atoms with Crippen molar-refractivity contribution in [1.29, 1.82) is 0 Å². The van der Waals surface area contributed by atoms with Crippen molar-refractivity contribution in [2.24, 2.45) is 28.6 Å². The summed E-state index contributed by atoms with van der Waals surface area (Å²) in [4.78, 5) is 23.3. The van der Waals surface area contributed by atoms with Crippen LogP contribution in [0, 0.1) is 28.6 Å². The summed E-state index contributed by atoms with van der Waals surface area (Å²) < 4.78 is 0. The number of carboxylic acids is 1. The molecule has 3 fully saturated rings. The molecule has 0 bridgehead atoms. The molecule has 0 amide bonds. The predicted molar refractivity (Wildman–Crippen MR) is 98.3 cm³/mol. The lowest BCUT2D eigenvalue weighted by atomic mass is 9.46. The predicted octanol–water partition coefficient (Wildman–Crippen LogP) is 3.67. The number of aliphatic carboxylic acids is 1. The van der Waals surface area contributed by atoms with E-state index in [1.54, 1.807) is 12.2 Å². The zero-order valence-electron chi connectivity index (χ0n) is 15.6. The average Bonchev–Trinajstić information content (AvgIpc) is 2.80. The highest BCUT2D eigenvalue weighted by atomic mass is 16.4. The number of ketones is 1. The molecule has 1 unspecified atom stereocenters. The Bertz CT molecular complexity index is 762. The Hall–Kier alpha value is -1.68. The van der Waals surface area contributed by atoms with E-state index in [1.165, 1.54) is 0 Å². The van der Waals surface area contributed by atoms with E-state index in [9.17, 15) is 19.8 Å². The van der Waals surface area contributed by atoms with E-state index in [4.69, 9.17) is 0 Å². The highest BCUT2D eigenvalue weighted by Crippen LogP contribution is 2.68. The molecule has 4 aliphatic rings. The second-order valence-electron chi connectivity index (χ2n) is 9.36. The van der Waals surface area contributed by atoms with Crippen LogP contribution in [-0.4, -0.2) is 27.6 Å². The summed E-state index contributed by atoms with van der Waals surface area (Å²) in [5.41, 5.74) is 0.449. The molecule has 4 aliphatic carbocycles. The Morgan fingerprint density at radius 3 is 2.65 bits per heavy atom. The summed E-state index contributed by atoms with van der Waals surface area (Å²) in [6, 6.07) is 0. The van der Waals surface area contributed by atoms with Gasteiger partial charge < -0.3 is 10.2 Å². The first kappa shape index (κ1) is 17.7. The summed E-state index contributed by atoms with van der Waals surface area (Å²) in [6.07, 6.45) is 9.37. The fourth-order valence-corrected chi connectivity index (χ4v) is 6.86.